The number of amides is 2. The molecule has 27 heavy (non-hydrogen) atoms. The maximum Gasteiger partial charge on any atom is 0.282 e. The van der Waals surface area contributed by atoms with Gasteiger partial charge in [-0.2, -0.15) is 10.1 Å². The first-order chi connectivity index (χ1) is 13.2. The average molecular weight is 357 g/mol. The first-order valence-corrected chi connectivity index (χ1v) is 8.35. The highest BCUT2D eigenvalue weighted by Crippen LogP contribution is 2.22. The molecule has 2 heterocycles. The van der Waals surface area contributed by atoms with Gasteiger partial charge in [-0.15, -0.1) is 5.10 Å². The van der Waals surface area contributed by atoms with Crippen molar-refractivity contribution in [2.75, 3.05) is 0 Å². The third-order valence-electron chi connectivity index (χ3n) is 4.05. The Kier molecular flexibility index (Phi) is 4.40. The van der Waals surface area contributed by atoms with Gasteiger partial charge in [0, 0.05) is 6.21 Å². The zero-order valence-electron chi connectivity index (χ0n) is 14.3. The van der Waals surface area contributed by atoms with Crippen LogP contribution in [0.25, 0.3) is 6.08 Å². The molecular weight excluding hydrogens is 342 g/mol. The van der Waals surface area contributed by atoms with Crippen LogP contribution in [0.5, 0.6) is 0 Å². The highest BCUT2D eigenvalue weighted by Gasteiger charge is 2.34. The zero-order valence-corrected chi connectivity index (χ0v) is 14.3. The molecule has 0 saturated heterocycles. The third kappa shape index (κ3) is 3.43. The molecule has 1 aliphatic heterocycles. The molecule has 0 unspecified atom stereocenters. The Labute approximate surface area is 155 Å². The number of fused-ring (bicyclic) bond motifs is 1. The largest absolute Gasteiger partial charge is 0.282 e. The Balaban J connectivity index is 1.40. The van der Waals surface area contributed by atoms with E-state index in [0.29, 0.717) is 23.4 Å². The molecule has 7 nitrogen and oxygen atoms in total. The molecule has 0 N–H and O–H groups in total. The second kappa shape index (κ2) is 7.17. The summed E-state index contributed by atoms with van der Waals surface area (Å²) in [4.78, 5) is 24.4. The van der Waals surface area contributed by atoms with Gasteiger partial charge in [-0.05, 0) is 29.8 Å². The Morgan fingerprint density at radius 2 is 1.59 bits per heavy atom. The number of carbonyl (C=O) groups is 2. The number of hydrogen-bond donors (Lipinski definition) is 0. The number of nitrogens with zero attached hydrogens (tertiary/aromatic N) is 5. The summed E-state index contributed by atoms with van der Waals surface area (Å²) in [5.41, 5.74) is 2.52. The molecule has 0 aliphatic carbocycles. The van der Waals surface area contributed by atoms with Gasteiger partial charge in [-0.3, -0.25) is 9.59 Å². The topological polar surface area (TPSA) is 80.5 Å². The van der Waals surface area contributed by atoms with E-state index < -0.39 is 11.8 Å². The van der Waals surface area contributed by atoms with Crippen LogP contribution < -0.4 is 0 Å². The van der Waals surface area contributed by atoms with E-state index >= 15 is 0 Å². The number of imide groups is 1. The number of aromatic nitrogens is 3. The van der Waals surface area contributed by atoms with Gasteiger partial charge in [0.2, 0.25) is 0 Å². The van der Waals surface area contributed by atoms with Gasteiger partial charge in [0.15, 0.2) is 0 Å². The number of rotatable bonds is 5. The Morgan fingerprint density at radius 3 is 2.30 bits per heavy atom. The maximum absolute atomic E-state index is 12.2. The summed E-state index contributed by atoms with van der Waals surface area (Å²) in [7, 11) is 0. The van der Waals surface area contributed by atoms with Crippen molar-refractivity contribution in [2.24, 2.45) is 5.10 Å². The quantitative estimate of drug-likeness (QED) is 0.519. The standard InChI is InChI=1S/C20H15N5O2/c26-19-17-10-4-5-11-18(17)20(27)25(19)21-12-6-9-16-14-24(23-22-16)13-15-7-2-1-3-8-15/h1-12,14H,13H2/b9-6+,21-12-. The molecule has 1 aromatic heterocycles. The molecule has 0 radical (unpaired) electrons. The molecule has 2 aromatic carbocycles. The van der Waals surface area contributed by atoms with Crippen molar-refractivity contribution < 1.29 is 9.59 Å². The van der Waals surface area contributed by atoms with Gasteiger partial charge in [0.25, 0.3) is 11.8 Å². The van der Waals surface area contributed by atoms with Crippen LogP contribution in [-0.4, -0.2) is 38.0 Å². The maximum atomic E-state index is 12.2. The average Bonchev–Trinajstić information content (AvgIpc) is 3.24. The zero-order chi connectivity index (χ0) is 18.6. The van der Waals surface area contributed by atoms with Crippen molar-refractivity contribution in [3.63, 3.8) is 0 Å². The normalized spacial score (nSPS) is 13.9. The summed E-state index contributed by atoms with van der Waals surface area (Å²) >= 11 is 0. The van der Waals surface area contributed by atoms with Gasteiger partial charge < -0.3 is 0 Å². The van der Waals surface area contributed by atoms with Gasteiger partial charge >= 0.3 is 0 Å². The van der Waals surface area contributed by atoms with Crippen LogP contribution >= 0.6 is 0 Å². The fraction of sp³-hybridized carbons (Fsp3) is 0.0500. The minimum atomic E-state index is -0.422. The van der Waals surface area contributed by atoms with Crippen LogP contribution in [0.15, 0.2) is 72.0 Å². The first-order valence-electron chi connectivity index (χ1n) is 8.35. The molecule has 1 aliphatic rings. The highest BCUT2D eigenvalue weighted by atomic mass is 16.2. The monoisotopic (exact) mass is 357 g/mol. The summed E-state index contributed by atoms with van der Waals surface area (Å²) in [6.07, 6.45) is 6.51. The summed E-state index contributed by atoms with van der Waals surface area (Å²) in [6, 6.07) is 16.6. The van der Waals surface area contributed by atoms with Crippen LogP contribution in [0.1, 0.15) is 32.0 Å². The number of hydrogen-bond acceptors (Lipinski definition) is 5. The summed E-state index contributed by atoms with van der Waals surface area (Å²) < 4.78 is 1.73. The summed E-state index contributed by atoms with van der Waals surface area (Å²) in [6.45, 7) is 0.630. The Hall–Kier alpha value is -3.87. The van der Waals surface area contributed by atoms with E-state index in [4.69, 9.17) is 0 Å². The lowest BCUT2D eigenvalue weighted by Crippen LogP contribution is -2.23. The predicted molar refractivity (Wildman–Crippen MR) is 100 cm³/mol. The minimum absolute atomic E-state index is 0.368. The van der Waals surface area contributed by atoms with E-state index in [0.717, 1.165) is 10.6 Å². The molecule has 0 atom stereocenters. The smallest absolute Gasteiger partial charge is 0.267 e. The fourth-order valence-electron chi connectivity index (χ4n) is 2.77. The molecule has 0 bridgehead atoms. The minimum Gasteiger partial charge on any atom is -0.267 e. The number of benzene rings is 2. The van der Waals surface area contributed by atoms with Crippen molar-refractivity contribution in [3.8, 4) is 0 Å². The van der Waals surface area contributed by atoms with Crippen molar-refractivity contribution in [1.82, 2.24) is 20.0 Å². The van der Waals surface area contributed by atoms with E-state index in [1.165, 1.54) is 6.21 Å². The van der Waals surface area contributed by atoms with E-state index in [9.17, 15) is 9.59 Å². The molecule has 0 saturated carbocycles. The van der Waals surface area contributed by atoms with Crippen LogP contribution in [0.3, 0.4) is 0 Å². The molecular formula is C20H15N5O2. The van der Waals surface area contributed by atoms with Gasteiger partial charge in [-0.25, -0.2) is 4.68 Å². The number of allylic oxidation sites excluding steroid dienone is 1. The lowest BCUT2D eigenvalue weighted by Gasteiger charge is -2.03. The van der Waals surface area contributed by atoms with Crippen LogP contribution in [0.4, 0.5) is 0 Å². The molecule has 3 aromatic rings. The van der Waals surface area contributed by atoms with E-state index in [1.54, 1.807) is 47.3 Å². The van der Waals surface area contributed by atoms with Crippen molar-refractivity contribution in [1.29, 1.82) is 0 Å². The molecule has 2 amide bonds. The lowest BCUT2D eigenvalue weighted by atomic mass is 10.1. The number of carbonyl (C=O) groups excluding carboxylic acids is 2. The molecule has 7 heteroatoms. The van der Waals surface area contributed by atoms with Gasteiger partial charge in [0.1, 0.15) is 5.69 Å². The summed E-state index contributed by atoms with van der Waals surface area (Å²) in [5.74, 6) is -0.844. The van der Waals surface area contributed by atoms with Gasteiger partial charge in [0.05, 0.1) is 23.9 Å². The molecule has 0 spiro atoms. The Bertz CT molecular complexity index is 1020. The summed E-state index contributed by atoms with van der Waals surface area (Å²) in [5, 5.41) is 13.0. The van der Waals surface area contributed by atoms with E-state index in [-0.39, 0.29) is 0 Å². The second-order valence-electron chi connectivity index (χ2n) is 5.92. The predicted octanol–water partition coefficient (Wildman–Crippen LogP) is 2.62. The first kappa shape index (κ1) is 16.6. The van der Waals surface area contributed by atoms with Crippen LogP contribution in [-0.2, 0) is 6.54 Å². The van der Waals surface area contributed by atoms with E-state index in [2.05, 4.69) is 15.4 Å². The highest BCUT2D eigenvalue weighted by molar-refractivity contribution is 6.21. The van der Waals surface area contributed by atoms with Crippen LogP contribution in [0, 0.1) is 0 Å². The third-order valence-corrected chi connectivity index (χ3v) is 4.05. The fourth-order valence-corrected chi connectivity index (χ4v) is 2.77. The van der Waals surface area contributed by atoms with Crippen molar-refractivity contribution in [2.45, 2.75) is 6.54 Å². The Morgan fingerprint density at radius 1 is 0.926 bits per heavy atom. The number of hydrazone groups is 1. The molecule has 0 fully saturated rings. The molecule has 132 valence electrons. The SMILES string of the molecule is O=C1c2ccccc2C(=O)N1/N=C\C=C\c1cn(Cc2ccccc2)nn1. The van der Waals surface area contributed by atoms with Gasteiger partial charge in [-0.1, -0.05) is 47.7 Å². The van der Waals surface area contributed by atoms with Crippen LogP contribution in [0.2, 0.25) is 0 Å². The lowest BCUT2D eigenvalue weighted by molar-refractivity contribution is 0.0660. The second-order valence-corrected chi connectivity index (χ2v) is 5.92. The van der Waals surface area contributed by atoms with E-state index in [1.807, 2.05) is 30.3 Å². The van der Waals surface area contributed by atoms with Crippen molar-refractivity contribution >= 4 is 24.1 Å². The van der Waals surface area contributed by atoms with Crippen molar-refractivity contribution in [3.05, 3.63) is 89.3 Å². The molecule has 4 rings (SSSR count).